The van der Waals surface area contributed by atoms with Crippen molar-refractivity contribution < 1.29 is 14.4 Å². The quantitative estimate of drug-likeness (QED) is 0.664. The first-order chi connectivity index (χ1) is 12.1. The summed E-state index contributed by atoms with van der Waals surface area (Å²) in [6.45, 7) is 3.85. The molecule has 25 heavy (non-hydrogen) atoms. The van der Waals surface area contributed by atoms with E-state index in [-0.39, 0.29) is 17.0 Å². The van der Waals surface area contributed by atoms with Crippen LogP contribution in [0, 0.1) is 6.92 Å². The lowest BCUT2D eigenvalue weighted by Gasteiger charge is -2.16. The van der Waals surface area contributed by atoms with Crippen molar-refractivity contribution in [2.24, 2.45) is 0 Å². The lowest BCUT2D eigenvalue weighted by atomic mass is 10.1. The Morgan fingerprint density at radius 2 is 2.08 bits per heavy atom. The van der Waals surface area contributed by atoms with Gasteiger partial charge in [-0.15, -0.1) is 0 Å². The van der Waals surface area contributed by atoms with Crippen LogP contribution in [0.5, 0.6) is 11.6 Å². The summed E-state index contributed by atoms with van der Waals surface area (Å²) >= 11 is 0. The first-order valence-corrected chi connectivity index (χ1v) is 8.35. The molecule has 3 rings (SSSR count). The van der Waals surface area contributed by atoms with Gasteiger partial charge in [0.15, 0.2) is 0 Å². The number of aromatic nitrogens is 3. The molecule has 0 bridgehead atoms. The van der Waals surface area contributed by atoms with Crippen LogP contribution >= 0.6 is 0 Å². The topological polar surface area (TPSA) is 70.5 Å². The van der Waals surface area contributed by atoms with Crippen molar-refractivity contribution >= 4 is 5.65 Å². The van der Waals surface area contributed by atoms with E-state index in [2.05, 4.69) is 5.10 Å². The Labute approximate surface area is 145 Å². The Hall–Kier alpha value is -2.89. The van der Waals surface area contributed by atoms with E-state index in [1.807, 2.05) is 32.0 Å². The van der Waals surface area contributed by atoms with E-state index in [1.54, 1.807) is 25.3 Å². The fraction of sp³-hybridized carbons (Fsp3) is 0.316. The molecule has 6 nitrogen and oxygen atoms in total. The third-order valence-electron chi connectivity index (χ3n) is 4.18. The summed E-state index contributed by atoms with van der Waals surface area (Å²) in [5, 5.41) is 17.4. The maximum atomic E-state index is 13.1. The molecule has 0 saturated heterocycles. The molecule has 3 aromatic rings. The van der Waals surface area contributed by atoms with Gasteiger partial charge in [-0.3, -0.25) is 0 Å². The van der Waals surface area contributed by atoms with Crippen molar-refractivity contribution in [3.8, 4) is 17.3 Å². The highest BCUT2D eigenvalue weighted by molar-refractivity contribution is 5.41. The maximum absolute atomic E-state index is 13.1. The summed E-state index contributed by atoms with van der Waals surface area (Å²) in [4.78, 5) is 12.8. The van der Waals surface area contributed by atoms with Crippen molar-refractivity contribution in [2.75, 3.05) is 7.11 Å². The molecule has 130 valence electrons. The zero-order valence-corrected chi connectivity index (χ0v) is 14.7. The number of ether oxygens (including phenoxy) is 1. The third kappa shape index (κ3) is 3.07. The van der Waals surface area contributed by atoms with Gasteiger partial charge >= 0.3 is 11.2 Å². The molecule has 0 amide bonds. The smallest absolute Gasteiger partial charge is 0.365 e. The van der Waals surface area contributed by atoms with Crippen molar-refractivity contribution in [3.63, 3.8) is 0 Å². The van der Waals surface area contributed by atoms with Crippen LogP contribution in [0.3, 0.4) is 0 Å². The first-order valence-electron chi connectivity index (χ1n) is 8.35. The molecule has 6 heteroatoms. The monoisotopic (exact) mass is 339 g/mol. The van der Waals surface area contributed by atoms with Gasteiger partial charge in [0.2, 0.25) is 0 Å². The summed E-state index contributed by atoms with van der Waals surface area (Å²) < 4.78 is 8.12. The Morgan fingerprint density at radius 1 is 1.28 bits per heavy atom. The van der Waals surface area contributed by atoms with E-state index >= 15 is 0 Å². The van der Waals surface area contributed by atoms with Gasteiger partial charge in [0.05, 0.1) is 24.2 Å². The predicted molar refractivity (Wildman–Crippen MR) is 92.3 cm³/mol. The molecule has 2 heterocycles. The number of aryl methyl sites for hydroxylation is 1. The highest BCUT2D eigenvalue weighted by Gasteiger charge is 2.21. The van der Waals surface area contributed by atoms with Crippen LogP contribution in [0.15, 0.2) is 41.2 Å². The van der Waals surface area contributed by atoms with Crippen molar-refractivity contribution in [1.29, 1.82) is 0 Å². The number of nitrogens with zero attached hydrogens (tertiary/aromatic N) is 3. The van der Waals surface area contributed by atoms with Gasteiger partial charge in [0, 0.05) is 12.1 Å². The van der Waals surface area contributed by atoms with Gasteiger partial charge in [0.25, 0.3) is 0 Å². The number of hydrogen-bond donors (Lipinski definition) is 0. The second kappa shape index (κ2) is 6.93. The van der Waals surface area contributed by atoms with Gasteiger partial charge in [-0.2, -0.15) is 0 Å². The highest BCUT2D eigenvalue weighted by atomic mass is 16.5. The minimum Gasteiger partial charge on any atom is -0.842 e. The molecular formula is C19H21N3O3. The Morgan fingerprint density at radius 3 is 2.80 bits per heavy atom. The van der Waals surface area contributed by atoms with Crippen LogP contribution in [0.2, 0.25) is 0 Å². The molecule has 0 unspecified atom stereocenters. The van der Waals surface area contributed by atoms with Gasteiger partial charge in [0.1, 0.15) is 11.4 Å². The summed E-state index contributed by atoms with van der Waals surface area (Å²) in [7, 11) is 1.58. The maximum Gasteiger partial charge on any atom is 0.365 e. The van der Waals surface area contributed by atoms with Gasteiger partial charge in [-0.05, 0) is 38.0 Å². The number of hydrogen-bond acceptors (Lipinski definition) is 4. The largest absolute Gasteiger partial charge is 0.842 e. The Balaban J connectivity index is 2.37. The standard InChI is InChI=1S/C19H21N3O3/c1-4-5-9-16-18(23)21(14-7-6-8-15(12-14)25-3)17-11-10-13(2)20-22(17)19(16)24/h6-8,10-12H,4-5,9H2,1-3H3. The second-order valence-corrected chi connectivity index (χ2v) is 5.97. The Kier molecular flexibility index (Phi) is 4.70. The SMILES string of the molecule is CCCCc1c([O-])[n+](-c2cccc(OC)c2)c2ccc(C)nn2c1=O. The highest BCUT2D eigenvalue weighted by Crippen LogP contribution is 2.17. The minimum absolute atomic E-state index is 0.264. The normalized spacial score (nSPS) is 11.0. The van der Waals surface area contributed by atoms with Crippen molar-refractivity contribution in [3.05, 3.63) is 58.0 Å². The predicted octanol–water partition coefficient (Wildman–Crippen LogP) is 1.70. The number of fused-ring (bicyclic) bond motifs is 1. The summed E-state index contributed by atoms with van der Waals surface area (Å²) in [6, 6.07) is 10.7. The second-order valence-electron chi connectivity index (χ2n) is 5.97. The van der Waals surface area contributed by atoms with Crippen LogP contribution in [0.25, 0.3) is 11.3 Å². The molecule has 0 fully saturated rings. The van der Waals surface area contributed by atoms with Crippen LogP contribution in [0.4, 0.5) is 0 Å². The van der Waals surface area contributed by atoms with Gasteiger partial charge < -0.3 is 9.84 Å². The zero-order chi connectivity index (χ0) is 18.0. The van der Waals surface area contributed by atoms with E-state index in [9.17, 15) is 9.90 Å². The van der Waals surface area contributed by atoms with E-state index in [4.69, 9.17) is 4.74 Å². The lowest BCUT2D eigenvalue weighted by Crippen LogP contribution is -2.43. The molecule has 1 aromatic carbocycles. The Bertz CT molecular complexity index is 980. The first kappa shape index (κ1) is 17.0. The molecule has 0 aliphatic heterocycles. The fourth-order valence-electron chi connectivity index (χ4n) is 2.85. The fourth-order valence-corrected chi connectivity index (χ4v) is 2.85. The molecule has 0 radical (unpaired) electrons. The summed E-state index contributed by atoms with van der Waals surface area (Å²) in [6.07, 6.45) is 2.12. The molecule has 0 aliphatic carbocycles. The summed E-state index contributed by atoms with van der Waals surface area (Å²) in [5.74, 6) is 0.348. The van der Waals surface area contributed by atoms with E-state index in [1.165, 1.54) is 9.08 Å². The van der Waals surface area contributed by atoms with E-state index in [0.29, 0.717) is 29.2 Å². The zero-order valence-electron chi connectivity index (χ0n) is 14.7. The molecule has 0 aliphatic rings. The average molecular weight is 339 g/mol. The number of rotatable bonds is 5. The molecule has 0 saturated carbocycles. The van der Waals surface area contributed by atoms with E-state index in [0.717, 1.165) is 12.8 Å². The van der Waals surface area contributed by atoms with Gasteiger partial charge in [-0.25, -0.2) is 9.36 Å². The van der Waals surface area contributed by atoms with Gasteiger partial charge in [-0.1, -0.05) is 29.0 Å². The van der Waals surface area contributed by atoms with Crippen LogP contribution < -0.4 is 20.0 Å². The minimum atomic E-state index is -0.337. The molecule has 0 N–H and O–H groups in total. The van der Waals surface area contributed by atoms with Crippen molar-refractivity contribution in [1.82, 2.24) is 9.61 Å². The number of benzene rings is 1. The summed E-state index contributed by atoms with van der Waals surface area (Å²) in [5.41, 5.74) is 1.72. The third-order valence-corrected chi connectivity index (χ3v) is 4.18. The number of methoxy groups -OCH3 is 1. The molecule has 0 spiro atoms. The van der Waals surface area contributed by atoms with Crippen LogP contribution in [-0.4, -0.2) is 16.7 Å². The van der Waals surface area contributed by atoms with Crippen LogP contribution in [-0.2, 0) is 6.42 Å². The molecular weight excluding hydrogens is 318 g/mol. The van der Waals surface area contributed by atoms with E-state index < -0.39 is 0 Å². The average Bonchev–Trinajstić information content (AvgIpc) is 2.62. The number of unbranched alkanes of at least 4 members (excludes halogenated alkanes) is 1. The van der Waals surface area contributed by atoms with Crippen LogP contribution in [0.1, 0.15) is 31.0 Å². The molecule has 0 atom stereocenters. The lowest BCUT2D eigenvalue weighted by molar-refractivity contribution is -0.632. The van der Waals surface area contributed by atoms with Crippen molar-refractivity contribution in [2.45, 2.75) is 33.1 Å². The molecule has 2 aromatic heterocycles.